The average Bonchev–Trinajstić information content (AvgIpc) is 1.84. The standard InChI is InChI=1S/C4H10ClO3P/c1-7-9(2,6)8-4-3-5/h3-4H2,1-2H3. The Kier molecular flexibility index (Phi) is 4.50. The molecule has 56 valence electrons. The minimum Gasteiger partial charge on any atom is -0.312 e. The summed E-state index contributed by atoms with van der Waals surface area (Å²) in [6, 6.07) is 0. The van der Waals surface area contributed by atoms with Gasteiger partial charge in [-0.05, 0) is 0 Å². The Bertz CT molecular complexity index is 116. The molecule has 0 spiro atoms. The topological polar surface area (TPSA) is 35.5 Å². The second kappa shape index (κ2) is 4.29. The quantitative estimate of drug-likeness (QED) is 0.478. The summed E-state index contributed by atoms with van der Waals surface area (Å²) in [6.07, 6.45) is 0. The van der Waals surface area contributed by atoms with Crippen LogP contribution in [0.2, 0.25) is 0 Å². The molecule has 9 heavy (non-hydrogen) atoms. The first-order valence-corrected chi connectivity index (χ1v) is 4.98. The van der Waals surface area contributed by atoms with Crippen molar-refractivity contribution in [1.82, 2.24) is 0 Å². The third-order valence-electron chi connectivity index (χ3n) is 0.735. The second-order valence-electron chi connectivity index (χ2n) is 1.48. The van der Waals surface area contributed by atoms with Gasteiger partial charge in [0.2, 0.25) is 0 Å². The number of rotatable bonds is 4. The summed E-state index contributed by atoms with van der Waals surface area (Å²) in [7, 11) is -1.43. The fourth-order valence-electron chi connectivity index (χ4n) is 0.253. The fourth-order valence-corrected chi connectivity index (χ4v) is 0.966. The second-order valence-corrected chi connectivity index (χ2v) is 4.02. The number of hydrogen-bond acceptors (Lipinski definition) is 3. The molecule has 5 heteroatoms. The van der Waals surface area contributed by atoms with Gasteiger partial charge in [0.15, 0.2) is 0 Å². The van der Waals surface area contributed by atoms with Crippen molar-refractivity contribution >= 4 is 19.2 Å². The van der Waals surface area contributed by atoms with E-state index < -0.39 is 7.60 Å². The van der Waals surface area contributed by atoms with E-state index in [1.807, 2.05) is 0 Å². The van der Waals surface area contributed by atoms with E-state index in [1.165, 1.54) is 13.8 Å². The molecule has 0 aromatic rings. The summed E-state index contributed by atoms with van der Waals surface area (Å²) in [5.41, 5.74) is 0. The van der Waals surface area contributed by atoms with Crippen LogP contribution in [0.3, 0.4) is 0 Å². The molecule has 0 N–H and O–H groups in total. The lowest BCUT2D eigenvalue weighted by molar-refractivity contribution is 0.251. The minimum atomic E-state index is -2.77. The zero-order valence-corrected chi connectivity index (χ0v) is 7.11. The molecule has 1 unspecified atom stereocenters. The van der Waals surface area contributed by atoms with E-state index in [0.29, 0.717) is 5.88 Å². The Morgan fingerprint density at radius 1 is 1.67 bits per heavy atom. The summed E-state index contributed by atoms with van der Waals surface area (Å²) in [6.45, 7) is 1.67. The van der Waals surface area contributed by atoms with E-state index in [-0.39, 0.29) is 6.61 Å². The Morgan fingerprint density at radius 2 is 2.22 bits per heavy atom. The first-order valence-electron chi connectivity index (χ1n) is 2.46. The predicted octanol–water partition coefficient (Wildman–Crippen LogP) is 1.71. The van der Waals surface area contributed by atoms with Gasteiger partial charge in [-0.15, -0.1) is 11.6 Å². The van der Waals surface area contributed by atoms with Crippen LogP contribution in [0, 0.1) is 0 Å². The molecule has 0 aliphatic heterocycles. The van der Waals surface area contributed by atoms with Gasteiger partial charge in [0.05, 0.1) is 6.61 Å². The maximum absolute atomic E-state index is 10.8. The molecule has 0 aliphatic carbocycles. The third-order valence-corrected chi connectivity index (χ3v) is 2.20. The smallest absolute Gasteiger partial charge is 0.312 e. The van der Waals surface area contributed by atoms with Crippen LogP contribution in [0.25, 0.3) is 0 Å². The van der Waals surface area contributed by atoms with Gasteiger partial charge in [-0.3, -0.25) is 4.57 Å². The van der Waals surface area contributed by atoms with E-state index in [4.69, 9.17) is 16.1 Å². The van der Waals surface area contributed by atoms with Gasteiger partial charge in [-0.25, -0.2) is 0 Å². The summed E-state index contributed by atoms with van der Waals surface area (Å²) >= 11 is 5.26. The highest BCUT2D eigenvalue weighted by Crippen LogP contribution is 2.42. The summed E-state index contributed by atoms with van der Waals surface area (Å²) < 4.78 is 20.1. The van der Waals surface area contributed by atoms with Crippen molar-refractivity contribution in [3.05, 3.63) is 0 Å². The molecule has 3 nitrogen and oxygen atoms in total. The van der Waals surface area contributed by atoms with Gasteiger partial charge >= 0.3 is 7.60 Å². The monoisotopic (exact) mass is 172 g/mol. The zero-order chi connectivity index (χ0) is 7.33. The van der Waals surface area contributed by atoms with E-state index in [0.717, 1.165) is 0 Å². The average molecular weight is 173 g/mol. The van der Waals surface area contributed by atoms with Gasteiger partial charge in [0, 0.05) is 19.7 Å². The van der Waals surface area contributed by atoms with Gasteiger partial charge in [-0.1, -0.05) is 0 Å². The van der Waals surface area contributed by atoms with Crippen molar-refractivity contribution in [2.24, 2.45) is 0 Å². The Hall–Kier alpha value is 0.440. The lowest BCUT2D eigenvalue weighted by atomic mass is 10.9. The molecule has 0 fully saturated rings. The molecule has 0 heterocycles. The van der Waals surface area contributed by atoms with Crippen molar-refractivity contribution in [3.8, 4) is 0 Å². The van der Waals surface area contributed by atoms with Crippen LogP contribution < -0.4 is 0 Å². The number of hydrogen-bond donors (Lipinski definition) is 0. The first kappa shape index (κ1) is 9.44. The van der Waals surface area contributed by atoms with Gasteiger partial charge in [0.25, 0.3) is 0 Å². The third kappa shape index (κ3) is 4.91. The minimum absolute atomic E-state index is 0.267. The number of halogens is 1. The molecular formula is C4H10ClO3P. The molecule has 0 amide bonds. The van der Waals surface area contributed by atoms with E-state index in [1.54, 1.807) is 0 Å². The molecule has 0 aromatic heterocycles. The Labute approximate surface area is 59.8 Å². The van der Waals surface area contributed by atoms with Crippen LogP contribution in [-0.4, -0.2) is 26.3 Å². The van der Waals surface area contributed by atoms with Gasteiger partial charge < -0.3 is 9.05 Å². The van der Waals surface area contributed by atoms with Crippen molar-refractivity contribution in [3.63, 3.8) is 0 Å². The number of alkyl halides is 1. The van der Waals surface area contributed by atoms with Crippen LogP contribution in [0.5, 0.6) is 0 Å². The first-order chi connectivity index (χ1) is 4.12. The fraction of sp³-hybridized carbons (Fsp3) is 1.00. The van der Waals surface area contributed by atoms with Crippen LogP contribution in [0.15, 0.2) is 0 Å². The molecule has 0 radical (unpaired) electrons. The van der Waals surface area contributed by atoms with E-state index in [9.17, 15) is 4.57 Å². The molecule has 0 bridgehead atoms. The predicted molar refractivity (Wildman–Crippen MR) is 37.2 cm³/mol. The maximum Gasteiger partial charge on any atom is 0.327 e. The molecule has 0 rings (SSSR count). The Morgan fingerprint density at radius 3 is 2.56 bits per heavy atom. The largest absolute Gasteiger partial charge is 0.327 e. The van der Waals surface area contributed by atoms with Crippen molar-refractivity contribution in [1.29, 1.82) is 0 Å². The van der Waals surface area contributed by atoms with E-state index in [2.05, 4.69) is 4.52 Å². The highest BCUT2D eigenvalue weighted by atomic mass is 35.5. The van der Waals surface area contributed by atoms with Gasteiger partial charge in [-0.2, -0.15) is 0 Å². The molecular weight excluding hydrogens is 162 g/mol. The van der Waals surface area contributed by atoms with Crippen LogP contribution >= 0.6 is 19.2 Å². The maximum atomic E-state index is 10.8. The normalized spacial score (nSPS) is 17.2. The van der Waals surface area contributed by atoms with Crippen LogP contribution in [-0.2, 0) is 13.6 Å². The molecule has 0 saturated heterocycles. The lowest BCUT2D eigenvalue weighted by Gasteiger charge is -2.08. The summed E-state index contributed by atoms with van der Waals surface area (Å²) in [5.74, 6) is 0.335. The summed E-state index contributed by atoms with van der Waals surface area (Å²) in [4.78, 5) is 0. The SMILES string of the molecule is COP(C)(=O)OCCCl. The lowest BCUT2D eigenvalue weighted by Crippen LogP contribution is -1.93. The molecule has 0 aliphatic rings. The zero-order valence-electron chi connectivity index (χ0n) is 5.46. The summed E-state index contributed by atoms with van der Waals surface area (Å²) in [5, 5.41) is 0. The highest BCUT2D eigenvalue weighted by molar-refractivity contribution is 7.52. The molecule has 0 aromatic carbocycles. The molecule has 1 atom stereocenters. The molecule has 0 saturated carbocycles. The highest BCUT2D eigenvalue weighted by Gasteiger charge is 2.12. The van der Waals surface area contributed by atoms with Crippen molar-refractivity contribution in [2.75, 3.05) is 26.3 Å². The Balaban J connectivity index is 3.46. The van der Waals surface area contributed by atoms with Gasteiger partial charge in [0.1, 0.15) is 0 Å². The van der Waals surface area contributed by atoms with Crippen LogP contribution in [0.4, 0.5) is 0 Å². The van der Waals surface area contributed by atoms with E-state index >= 15 is 0 Å². The van der Waals surface area contributed by atoms with Crippen molar-refractivity contribution < 1.29 is 13.6 Å². The van der Waals surface area contributed by atoms with Crippen molar-refractivity contribution in [2.45, 2.75) is 0 Å². The van der Waals surface area contributed by atoms with Crippen LogP contribution in [0.1, 0.15) is 0 Å².